The molecule has 5 nitrogen and oxygen atoms in total. The number of carbonyl (C=O) groups is 2. The molecule has 0 spiro atoms. The molecule has 1 aliphatic rings. The number of para-hydroxylation sites is 1. The fraction of sp³-hybridized carbons (Fsp3) is 0.367. The molecule has 6 heteroatoms. The van der Waals surface area contributed by atoms with Crippen molar-refractivity contribution in [3.8, 4) is 0 Å². The van der Waals surface area contributed by atoms with Crippen LogP contribution >= 0.6 is 11.6 Å². The Bertz CT molecular complexity index is 1270. The summed E-state index contributed by atoms with van der Waals surface area (Å²) in [6, 6.07) is 19.1. The van der Waals surface area contributed by atoms with E-state index in [1.807, 2.05) is 67.3 Å². The van der Waals surface area contributed by atoms with Crippen LogP contribution in [0.2, 0.25) is 5.02 Å². The highest BCUT2D eigenvalue weighted by Crippen LogP contribution is 2.42. The predicted octanol–water partition coefficient (Wildman–Crippen LogP) is 6.08. The average Bonchev–Trinajstić information content (AvgIpc) is 2.85. The number of carbonyl (C=O) groups excluding carboxylic acids is 2. The molecule has 1 fully saturated rings. The first kappa shape index (κ1) is 25.9. The van der Waals surface area contributed by atoms with Gasteiger partial charge in [0.2, 0.25) is 11.8 Å². The third-order valence-electron chi connectivity index (χ3n) is 7.07. The van der Waals surface area contributed by atoms with Crippen LogP contribution in [0, 0.1) is 11.3 Å². The van der Waals surface area contributed by atoms with E-state index < -0.39 is 6.04 Å². The molecule has 2 aromatic carbocycles. The molecule has 188 valence electrons. The van der Waals surface area contributed by atoms with Crippen molar-refractivity contribution < 1.29 is 9.59 Å². The number of fused-ring (bicyclic) bond motifs is 1. The van der Waals surface area contributed by atoms with E-state index >= 15 is 0 Å². The molecule has 0 aliphatic carbocycles. The summed E-state index contributed by atoms with van der Waals surface area (Å²) in [5.74, 6) is -0.0282. The highest BCUT2D eigenvalue weighted by molar-refractivity contribution is 6.30. The number of benzene rings is 2. The molecule has 1 aliphatic heterocycles. The van der Waals surface area contributed by atoms with Crippen molar-refractivity contribution in [2.24, 2.45) is 11.3 Å². The number of likely N-dealkylation sites (tertiary alicyclic amines) is 1. The van der Waals surface area contributed by atoms with E-state index in [-0.39, 0.29) is 23.1 Å². The molecule has 1 aromatic heterocycles. The molecule has 1 unspecified atom stereocenters. The van der Waals surface area contributed by atoms with Gasteiger partial charge in [-0.05, 0) is 59.6 Å². The highest BCUT2D eigenvalue weighted by atomic mass is 35.5. The quantitative estimate of drug-likeness (QED) is 0.414. The molecule has 36 heavy (non-hydrogen) atoms. The normalized spacial score (nSPS) is 18.5. The topological polar surface area (TPSA) is 62.3 Å². The maximum Gasteiger partial charge on any atom is 0.245 e. The molecule has 1 N–H and O–H groups in total. The summed E-state index contributed by atoms with van der Waals surface area (Å²) >= 11 is 6.08. The van der Waals surface area contributed by atoms with Crippen LogP contribution in [0.25, 0.3) is 17.0 Å². The lowest BCUT2D eigenvalue weighted by Gasteiger charge is -2.45. The van der Waals surface area contributed by atoms with E-state index in [1.165, 1.54) is 11.6 Å². The lowest BCUT2D eigenvalue weighted by molar-refractivity contribution is -0.140. The Morgan fingerprint density at radius 3 is 2.50 bits per heavy atom. The summed E-state index contributed by atoms with van der Waals surface area (Å²) in [6.07, 6.45) is 4.01. The van der Waals surface area contributed by atoms with Gasteiger partial charge in [0.05, 0.1) is 11.2 Å². The van der Waals surface area contributed by atoms with Crippen molar-refractivity contribution in [1.29, 1.82) is 0 Å². The van der Waals surface area contributed by atoms with Gasteiger partial charge in [0.15, 0.2) is 0 Å². The molecular weight excluding hydrogens is 470 g/mol. The largest absolute Gasteiger partial charge is 0.340 e. The van der Waals surface area contributed by atoms with Gasteiger partial charge in [-0.15, -0.1) is 0 Å². The number of halogens is 1. The Morgan fingerprint density at radius 2 is 1.81 bits per heavy atom. The number of aromatic nitrogens is 1. The number of hydrogen-bond donors (Lipinski definition) is 1. The predicted molar refractivity (Wildman–Crippen MR) is 147 cm³/mol. The summed E-state index contributed by atoms with van der Waals surface area (Å²) in [7, 11) is 0. The summed E-state index contributed by atoms with van der Waals surface area (Å²) < 4.78 is 0. The minimum atomic E-state index is -0.588. The second-order valence-electron chi connectivity index (χ2n) is 10.6. The second-order valence-corrected chi connectivity index (χ2v) is 11.1. The van der Waals surface area contributed by atoms with Gasteiger partial charge in [-0.25, -0.2) is 4.98 Å². The molecular formula is C30H34ClN3O2. The summed E-state index contributed by atoms with van der Waals surface area (Å²) in [6.45, 7) is 9.62. The summed E-state index contributed by atoms with van der Waals surface area (Å²) in [4.78, 5) is 32.8. The standard InChI is InChI=1S/C30H34ClN3O2/c1-20(2)28(33-27(35)16-15-24-14-11-22-7-5-6-8-26(22)32-24)29(36)34-18-17-25(30(3,4)19-34)21-9-12-23(31)13-10-21/h5-16,20,25,28H,17-19H2,1-4H3,(H,33,35)/b16-15+/t25?,28-/m1/s1. The van der Waals surface area contributed by atoms with E-state index in [0.29, 0.717) is 24.7 Å². The average molecular weight is 504 g/mol. The van der Waals surface area contributed by atoms with Crippen LogP contribution in [0.1, 0.15) is 51.3 Å². The van der Waals surface area contributed by atoms with Crippen molar-refractivity contribution in [3.63, 3.8) is 0 Å². The number of hydrogen-bond acceptors (Lipinski definition) is 3. The van der Waals surface area contributed by atoms with E-state index in [1.54, 1.807) is 6.08 Å². The highest BCUT2D eigenvalue weighted by Gasteiger charge is 2.40. The van der Waals surface area contributed by atoms with Crippen LogP contribution in [0.5, 0.6) is 0 Å². The SMILES string of the molecule is CC(C)[C@@H](NC(=O)/C=C/c1ccc2ccccc2n1)C(=O)N1CCC(c2ccc(Cl)cc2)C(C)(C)C1. The van der Waals surface area contributed by atoms with E-state index in [2.05, 4.69) is 36.3 Å². The Kier molecular flexibility index (Phi) is 7.79. The van der Waals surface area contributed by atoms with Crippen LogP contribution < -0.4 is 5.32 Å². The van der Waals surface area contributed by atoms with Gasteiger partial charge in [-0.2, -0.15) is 0 Å². The minimum Gasteiger partial charge on any atom is -0.340 e. The maximum atomic E-state index is 13.5. The fourth-order valence-corrected chi connectivity index (χ4v) is 5.23. The zero-order valence-corrected chi connectivity index (χ0v) is 22.1. The van der Waals surface area contributed by atoms with Crippen molar-refractivity contribution in [2.45, 2.75) is 46.1 Å². The first-order chi connectivity index (χ1) is 17.1. The Labute approximate surface area is 218 Å². The first-order valence-electron chi connectivity index (χ1n) is 12.5. The molecule has 1 saturated heterocycles. The number of amides is 2. The zero-order chi connectivity index (χ0) is 25.9. The fourth-order valence-electron chi connectivity index (χ4n) is 5.11. The monoisotopic (exact) mass is 503 g/mol. The molecule has 4 rings (SSSR count). The third-order valence-corrected chi connectivity index (χ3v) is 7.32. The molecule has 0 bridgehead atoms. The Balaban J connectivity index is 1.41. The number of pyridine rings is 1. The van der Waals surface area contributed by atoms with Crippen LogP contribution in [0.4, 0.5) is 0 Å². The molecule has 3 aromatic rings. The van der Waals surface area contributed by atoms with Gasteiger partial charge in [0.25, 0.3) is 0 Å². The van der Waals surface area contributed by atoms with Crippen LogP contribution in [0.3, 0.4) is 0 Å². The van der Waals surface area contributed by atoms with Crippen molar-refractivity contribution in [1.82, 2.24) is 15.2 Å². The molecule has 2 amide bonds. The third kappa shape index (κ3) is 5.96. The van der Waals surface area contributed by atoms with Gasteiger partial charge in [-0.3, -0.25) is 9.59 Å². The molecule has 2 atom stereocenters. The van der Waals surface area contributed by atoms with Crippen LogP contribution in [-0.4, -0.2) is 40.8 Å². The smallest absolute Gasteiger partial charge is 0.245 e. The van der Waals surface area contributed by atoms with Gasteiger partial charge in [0.1, 0.15) is 6.04 Å². The first-order valence-corrected chi connectivity index (χ1v) is 12.9. The maximum absolute atomic E-state index is 13.5. The van der Waals surface area contributed by atoms with Crippen molar-refractivity contribution >= 4 is 40.4 Å². The minimum absolute atomic E-state index is 0.0294. The molecule has 2 heterocycles. The number of nitrogens with one attached hydrogen (secondary N) is 1. The van der Waals surface area contributed by atoms with Gasteiger partial charge in [-0.1, -0.05) is 75.7 Å². The van der Waals surface area contributed by atoms with Gasteiger partial charge >= 0.3 is 0 Å². The second kappa shape index (κ2) is 10.8. The lowest BCUT2D eigenvalue weighted by Crippen LogP contribution is -2.55. The van der Waals surface area contributed by atoms with Crippen LogP contribution in [0.15, 0.2) is 66.7 Å². The molecule has 0 saturated carbocycles. The van der Waals surface area contributed by atoms with Crippen LogP contribution in [-0.2, 0) is 9.59 Å². The van der Waals surface area contributed by atoms with E-state index in [9.17, 15) is 9.59 Å². The summed E-state index contributed by atoms with van der Waals surface area (Å²) in [5.41, 5.74) is 2.72. The van der Waals surface area contributed by atoms with Crippen molar-refractivity contribution in [3.05, 3.63) is 83.0 Å². The summed E-state index contributed by atoms with van der Waals surface area (Å²) in [5, 5.41) is 4.71. The van der Waals surface area contributed by atoms with Crippen molar-refractivity contribution in [2.75, 3.05) is 13.1 Å². The zero-order valence-electron chi connectivity index (χ0n) is 21.4. The van der Waals surface area contributed by atoms with E-state index in [4.69, 9.17) is 11.6 Å². The molecule has 0 radical (unpaired) electrons. The Morgan fingerprint density at radius 1 is 1.08 bits per heavy atom. The Hall–Kier alpha value is -3.18. The number of piperidine rings is 1. The van der Waals surface area contributed by atoms with Gasteiger partial charge in [0, 0.05) is 29.6 Å². The number of nitrogens with zero attached hydrogens (tertiary/aromatic N) is 2. The van der Waals surface area contributed by atoms with Gasteiger partial charge < -0.3 is 10.2 Å². The number of rotatable bonds is 6. The van der Waals surface area contributed by atoms with E-state index in [0.717, 1.165) is 22.3 Å². The lowest BCUT2D eigenvalue weighted by atomic mass is 9.70.